The van der Waals surface area contributed by atoms with Gasteiger partial charge in [-0.2, -0.15) is 13.2 Å². The molecule has 0 bridgehead atoms. The Bertz CT molecular complexity index is 190. The molecular weight excluding hydrogens is 207 g/mol. The van der Waals surface area contributed by atoms with Gasteiger partial charge in [0.25, 0.3) is 0 Å². The summed E-state index contributed by atoms with van der Waals surface area (Å²) in [5, 5.41) is 8.86. The van der Waals surface area contributed by atoms with Crippen molar-refractivity contribution in [1.82, 2.24) is 4.90 Å². The van der Waals surface area contributed by atoms with Gasteiger partial charge in [-0.3, -0.25) is 0 Å². The minimum Gasteiger partial charge on any atom is -0.382 e. The van der Waals surface area contributed by atoms with Crippen molar-refractivity contribution < 1.29 is 18.3 Å². The molecule has 0 heterocycles. The molecule has 1 saturated carbocycles. The Kier molecular flexibility index (Phi) is 4.40. The van der Waals surface area contributed by atoms with Crippen LogP contribution in [0.25, 0.3) is 0 Å². The van der Waals surface area contributed by atoms with Crippen molar-refractivity contribution in [1.29, 1.82) is 0 Å². The molecule has 5 heteroatoms. The van der Waals surface area contributed by atoms with E-state index in [-0.39, 0.29) is 6.54 Å². The highest BCUT2D eigenvalue weighted by molar-refractivity contribution is 4.74. The Morgan fingerprint density at radius 3 is 2.33 bits per heavy atom. The van der Waals surface area contributed by atoms with Gasteiger partial charge < -0.3 is 10.0 Å². The number of aliphatic hydroxyl groups is 1. The van der Waals surface area contributed by atoms with E-state index in [1.807, 2.05) is 0 Å². The minimum absolute atomic E-state index is 0.319. The summed E-state index contributed by atoms with van der Waals surface area (Å²) in [5.41, 5.74) is 0. The highest BCUT2D eigenvalue weighted by atomic mass is 19.4. The van der Waals surface area contributed by atoms with Crippen molar-refractivity contribution >= 4 is 0 Å². The third-order valence-corrected chi connectivity index (χ3v) is 2.91. The van der Waals surface area contributed by atoms with Crippen LogP contribution in [0.5, 0.6) is 0 Å². The third kappa shape index (κ3) is 4.38. The molecule has 90 valence electrons. The summed E-state index contributed by atoms with van der Waals surface area (Å²) >= 11 is 0. The first-order valence-corrected chi connectivity index (χ1v) is 5.33. The summed E-state index contributed by atoms with van der Waals surface area (Å²) in [4.78, 5) is 1.58. The number of aliphatic hydroxyl groups excluding tert-OH is 1. The largest absolute Gasteiger partial charge is 0.415 e. The van der Waals surface area contributed by atoms with Crippen molar-refractivity contribution in [2.75, 3.05) is 20.1 Å². The Morgan fingerprint density at radius 1 is 1.33 bits per heavy atom. The summed E-state index contributed by atoms with van der Waals surface area (Å²) in [5.74, 6) is 0.510. The van der Waals surface area contributed by atoms with Crippen LogP contribution in [0.2, 0.25) is 0 Å². The van der Waals surface area contributed by atoms with Gasteiger partial charge in [-0.1, -0.05) is 12.8 Å². The Hall–Kier alpha value is -0.290. The average molecular weight is 225 g/mol. The fourth-order valence-corrected chi connectivity index (χ4v) is 2.11. The average Bonchev–Trinajstić information content (AvgIpc) is 2.54. The number of hydrogen-bond donors (Lipinski definition) is 1. The molecule has 0 amide bonds. The molecule has 1 rings (SSSR count). The van der Waals surface area contributed by atoms with Gasteiger partial charge in [0.2, 0.25) is 0 Å². The van der Waals surface area contributed by atoms with Gasteiger partial charge in [0, 0.05) is 13.1 Å². The normalized spacial score (nSPS) is 21.2. The number of halogens is 3. The molecule has 0 aromatic carbocycles. The molecule has 15 heavy (non-hydrogen) atoms. The molecule has 0 radical (unpaired) electrons. The monoisotopic (exact) mass is 225 g/mol. The first-order valence-electron chi connectivity index (χ1n) is 5.33. The van der Waals surface area contributed by atoms with E-state index >= 15 is 0 Å². The second-order valence-electron chi connectivity index (χ2n) is 4.43. The van der Waals surface area contributed by atoms with E-state index in [2.05, 4.69) is 0 Å². The molecule has 1 fully saturated rings. The van der Waals surface area contributed by atoms with E-state index < -0.39 is 12.3 Å². The molecule has 0 aromatic rings. The zero-order chi connectivity index (χ0) is 11.5. The first kappa shape index (κ1) is 12.8. The molecule has 1 aliphatic rings. The fourth-order valence-electron chi connectivity index (χ4n) is 2.11. The summed E-state index contributed by atoms with van der Waals surface area (Å²) < 4.78 is 36.1. The van der Waals surface area contributed by atoms with Crippen molar-refractivity contribution in [3.05, 3.63) is 0 Å². The van der Waals surface area contributed by atoms with Gasteiger partial charge in [-0.05, 0) is 25.8 Å². The lowest BCUT2D eigenvalue weighted by Crippen LogP contribution is -2.40. The summed E-state index contributed by atoms with van der Waals surface area (Å²) in [6.45, 7) is 0.340. The van der Waals surface area contributed by atoms with E-state index in [1.165, 1.54) is 12.8 Å². The maximum atomic E-state index is 12.0. The van der Waals surface area contributed by atoms with Crippen LogP contribution in [0.3, 0.4) is 0 Å². The molecule has 1 atom stereocenters. The number of rotatable bonds is 4. The molecule has 0 aliphatic heterocycles. The molecule has 0 saturated heterocycles. The summed E-state index contributed by atoms with van der Waals surface area (Å²) in [6.07, 6.45) is -2.15. The van der Waals surface area contributed by atoms with Crippen molar-refractivity contribution in [2.24, 2.45) is 5.92 Å². The topological polar surface area (TPSA) is 23.5 Å². The zero-order valence-electron chi connectivity index (χ0n) is 8.93. The van der Waals surface area contributed by atoms with Crippen LogP contribution in [0.1, 0.15) is 25.7 Å². The minimum atomic E-state index is -4.50. The predicted molar refractivity (Wildman–Crippen MR) is 51.5 cm³/mol. The van der Waals surface area contributed by atoms with Gasteiger partial charge in [0.15, 0.2) is 6.10 Å². The quantitative estimate of drug-likeness (QED) is 0.791. The lowest BCUT2D eigenvalue weighted by molar-refractivity contribution is -0.207. The van der Waals surface area contributed by atoms with Crippen molar-refractivity contribution in [3.63, 3.8) is 0 Å². The molecule has 0 aromatic heterocycles. The van der Waals surface area contributed by atoms with Crippen molar-refractivity contribution in [3.8, 4) is 0 Å². The van der Waals surface area contributed by atoms with E-state index in [0.717, 1.165) is 12.8 Å². The molecule has 0 spiro atoms. The highest BCUT2D eigenvalue weighted by Gasteiger charge is 2.38. The van der Waals surface area contributed by atoms with Gasteiger partial charge in [-0.25, -0.2) is 0 Å². The van der Waals surface area contributed by atoms with Gasteiger partial charge in [0.05, 0.1) is 0 Å². The second kappa shape index (κ2) is 5.16. The standard InChI is InChI=1S/C10H18F3NO/c1-14(6-8-4-2-3-5-8)7-9(15)10(11,12)13/h8-9,15H,2-7H2,1H3. The molecular formula is C10H18F3NO. The number of alkyl halides is 3. The molecule has 1 N–H and O–H groups in total. The highest BCUT2D eigenvalue weighted by Crippen LogP contribution is 2.26. The number of nitrogens with zero attached hydrogens (tertiary/aromatic N) is 1. The van der Waals surface area contributed by atoms with E-state index in [4.69, 9.17) is 5.11 Å². The lowest BCUT2D eigenvalue weighted by atomic mass is 10.1. The summed E-state index contributed by atoms with van der Waals surface area (Å²) in [7, 11) is 1.63. The Labute approximate surface area is 88.1 Å². The van der Waals surface area contributed by atoms with Gasteiger partial charge >= 0.3 is 6.18 Å². The number of likely N-dealkylation sites (N-methyl/N-ethyl adjacent to an activating group) is 1. The zero-order valence-corrected chi connectivity index (χ0v) is 8.93. The number of hydrogen-bond acceptors (Lipinski definition) is 2. The van der Waals surface area contributed by atoms with Crippen LogP contribution in [-0.4, -0.2) is 42.4 Å². The first-order chi connectivity index (χ1) is 6.89. The van der Waals surface area contributed by atoms with Crippen molar-refractivity contribution in [2.45, 2.75) is 38.0 Å². The SMILES string of the molecule is CN(CC1CCCC1)CC(O)C(F)(F)F. The second-order valence-corrected chi connectivity index (χ2v) is 4.43. The Morgan fingerprint density at radius 2 is 1.87 bits per heavy atom. The van der Waals surface area contributed by atoms with Crippen LogP contribution in [-0.2, 0) is 0 Å². The van der Waals surface area contributed by atoms with Crippen LogP contribution < -0.4 is 0 Å². The smallest absolute Gasteiger partial charge is 0.382 e. The molecule has 1 unspecified atom stereocenters. The van der Waals surface area contributed by atoms with Crippen LogP contribution in [0.4, 0.5) is 13.2 Å². The van der Waals surface area contributed by atoms with E-state index in [1.54, 1.807) is 11.9 Å². The lowest BCUT2D eigenvalue weighted by Gasteiger charge is -2.24. The van der Waals surface area contributed by atoms with Crippen LogP contribution in [0.15, 0.2) is 0 Å². The Balaban J connectivity index is 2.25. The van der Waals surface area contributed by atoms with Crippen LogP contribution in [0, 0.1) is 5.92 Å². The predicted octanol–water partition coefficient (Wildman–Crippen LogP) is 2.03. The summed E-state index contributed by atoms with van der Waals surface area (Å²) in [6, 6.07) is 0. The third-order valence-electron chi connectivity index (χ3n) is 2.91. The van der Waals surface area contributed by atoms with Gasteiger partial charge in [0.1, 0.15) is 0 Å². The van der Waals surface area contributed by atoms with Crippen LogP contribution >= 0.6 is 0 Å². The fraction of sp³-hybridized carbons (Fsp3) is 1.00. The molecule has 2 nitrogen and oxygen atoms in total. The van der Waals surface area contributed by atoms with E-state index in [9.17, 15) is 13.2 Å². The molecule has 1 aliphatic carbocycles. The maximum Gasteiger partial charge on any atom is 0.415 e. The van der Waals surface area contributed by atoms with Gasteiger partial charge in [-0.15, -0.1) is 0 Å². The maximum absolute atomic E-state index is 12.0. The van der Waals surface area contributed by atoms with E-state index in [0.29, 0.717) is 12.5 Å².